The van der Waals surface area contributed by atoms with Crippen LogP contribution in [0.1, 0.15) is 45.4 Å². The zero-order chi connectivity index (χ0) is 15.2. The fraction of sp³-hybridized carbons (Fsp3) is 0.944. The molecule has 0 saturated carbocycles. The molecule has 0 N–H and O–H groups in total. The monoisotopic (exact) mass is 306 g/mol. The van der Waals surface area contributed by atoms with E-state index in [1.54, 1.807) is 0 Å². The van der Waals surface area contributed by atoms with Gasteiger partial charge in [-0.1, -0.05) is 0 Å². The summed E-state index contributed by atoms with van der Waals surface area (Å²) in [4.78, 5) is 10.1. The van der Waals surface area contributed by atoms with Crippen LogP contribution in [0.2, 0.25) is 0 Å². The quantitative estimate of drug-likeness (QED) is 0.679. The van der Waals surface area contributed by atoms with E-state index in [-0.39, 0.29) is 0 Å². The third-order valence-corrected chi connectivity index (χ3v) is 5.59. The highest BCUT2D eigenvalue weighted by Crippen LogP contribution is 2.17. The van der Waals surface area contributed by atoms with Crippen molar-refractivity contribution in [1.82, 2.24) is 19.6 Å². The Morgan fingerprint density at radius 2 is 1.45 bits per heavy atom. The Balaban J connectivity index is 1.22. The van der Waals surface area contributed by atoms with Gasteiger partial charge in [0.1, 0.15) is 6.67 Å². The van der Waals surface area contributed by atoms with Crippen molar-refractivity contribution >= 4 is 0 Å². The van der Waals surface area contributed by atoms with Gasteiger partial charge in [-0.25, -0.2) is 0 Å². The van der Waals surface area contributed by atoms with Crippen molar-refractivity contribution in [3.8, 4) is 0 Å². The molecule has 3 aliphatic heterocycles. The molecule has 0 aliphatic carbocycles. The van der Waals surface area contributed by atoms with Gasteiger partial charge < -0.3 is 9.80 Å². The molecule has 0 amide bonds. The average Bonchev–Trinajstić information content (AvgIpc) is 3.23. The van der Waals surface area contributed by atoms with Gasteiger partial charge in [-0.3, -0.25) is 9.80 Å². The summed E-state index contributed by atoms with van der Waals surface area (Å²) >= 11 is 0. The van der Waals surface area contributed by atoms with Gasteiger partial charge in [0.2, 0.25) is 0 Å². The van der Waals surface area contributed by atoms with Crippen LogP contribution in [-0.4, -0.2) is 84.5 Å². The number of hydrogen-bond acceptors (Lipinski definition) is 4. The summed E-state index contributed by atoms with van der Waals surface area (Å²) in [7, 11) is 0. The Hall–Kier alpha value is -0.160. The minimum atomic E-state index is 0.814. The van der Waals surface area contributed by atoms with Crippen LogP contribution in [-0.2, 0) is 0 Å². The lowest BCUT2D eigenvalue weighted by atomic mass is 10.2. The highest BCUT2D eigenvalue weighted by molar-refractivity contribution is 4.82. The normalized spacial score (nSPS) is 29.0. The Kier molecular flexibility index (Phi) is 6.54. The summed E-state index contributed by atoms with van der Waals surface area (Å²) in [6.07, 6.45) is 8.20. The minimum Gasteiger partial charge on any atom is -0.303 e. The minimum absolute atomic E-state index is 0.814. The van der Waals surface area contributed by atoms with Crippen molar-refractivity contribution < 1.29 is 0 Å². The number of nitrogens with zero attached hydrogens (tertiary/aromatic N) is 4. The molecule has 3 heterocycles. The lowest BCUT2D eigenvalue weighted by Crippen LogP contribution is -2.30. The molecule has 3 aliphatic rings. The molecule has 4 nitrogen and oxygen atoms in total. The Morgan fingerprint density at radius 3 is 2.09 bits per heavy atom. The van der Waals surface area contributed by atoms with E-state index < -0.39 is 0 Å². The molecule has 3 fully saturated rings. The zero-order valence-corrected chi connectivity index (χ0v) is 14.5. The van der Waals surface area contributed by atoms with E-state index in [9.17, 15) is 0 Å². The molecule has 1 unspecified atom stereocenters. The van der Waals surface area contributed by atoms with Gasteiger partial charge in [-0.05, 0) is 78.2 Å². The number of rotatable bonds is 8. The van der Waals surface area contributed by atoms with E-state index in [4.69, 9.17) is 0 Å². The van der Waals surface area contributed by atoms with Crippen molar-refractivity contribution in [3.05, 3.63) is 6.67 Å². The molecule has 0 spiro atoms. The summed E-state index contributed by atoms with van der Waals surface area (Å²) in [5.41, 5.74) is 0. The first kappa shape index (κ1) is 16.7. The lowest BCUT2D eigenvalue weighted by Gasteiger charge is -2.22. The zero-order valence-electron chi connectivity index (χ0n) is 14.5. The van der Waals surface area contributed by atoms with E-state index in [2.05, 4.69) is 33.2 Å². The SMILES string of the molecule is CC1CCCN1CCCN1[C]N(CCCN2CCCC2)CC1. The molecule has 3 rings (SSSR count). The molecule has 1 atom stereocenters. The van der Waals surface area contributed by atoms with Crippen LogP contribution in [0.5, 0.6) is 0 Å². The standard InChI is InChI=1S/C18H34N4/c1-18-7-4-13-22(18)14-6-12-21-16-15-20(17-21)11-5-10-19-8-2-3-9-19/h18H,2-16H2,1H3. The molecular formula is C18H34N4. The van der Waals surface area contributed by atoms with Crippen molar-refractivity contribution in [1.29, 1.82) is 0 Å². The number of hydrogen-bond donors (Lipinski definition) is 0. The molecule has 4 heteroatoms. The fourth-order valence-corrected chi connectivity index (χ4v) is 4.15. The van der Waals surface area contributed by atoms with Crippen LogP contribution in [0.25, 0.3) is 0 Å². The highest BCUT2D eigenvalue weighted by atomic mass is 15.4. The van der Waals surface area contributed by atoms with Gasteiger partial charge in [-0.15, -0.1) is 0 Å². The summed E-state index contributed by atoms with van der Waals surface area (Å²) in [5.74, 6) is 0. The summed E-state index contributed by atoms with van der Waals surface area (Å²) in [6.45, 7) is 17.2. The fourth-order valence-electron chi connectivity index (χ4n) is 4.15. The summed E-state index contributed by atoms with van der Waals surface area (Å²) in [5, 5.41) is 0. The van der Waals surface area contributed by atoms with Crippen LogP contribution in [0, 0.1) is 6.67 Å². The van der Waals surface area contributed by atoms with Gasteiger partial charge in [0.05, 0.1) is 0 Å². The maximum atomic E-state index is 3.58. The Bertz CT molecular complexity index is 316. The van der Waals surface area contributed by atoms with Gasteiger partial charge in [-0.2, -0.15) is 0 Å². The first-order chi connectivity index (χ1) is 10.8. The molecule has 126 valence electrons. The topological polar surface area (TPSA) is 13.0 Å². The second-order valence-corrected chi connectivity index (χ2v) is 7.36. The van der Waals surface area contributed by atoms with Crippen molar-refractivity contribution in [2.75, 3.05) is 58.9 Å². The van der Waals surface area contributed by atoms with Crippen molar-refractivity contribution in [2.24, 2.45) is 0 Å². The summed E-state index contributed by atoms with van der Waals surface area (Å²) < 4.78 is 0. The Morgan fingerprint density at radius 1 is 0.773 bits per heavy atom. The third-order valence-electron chi connectivity index (χ3n) is 5.59. The van der Waals surface area contributed by atoms with Gasteiger partial charge >= 0.3 is 0 Å². The van der Waals surface area contributed by atoms with E-state index in [1.807, 2.05) is 0 Å². The van der Waals surface area contributed by atoms with Crippen LogP contribution < -0.4 is 0 Å². The molecule has 0 aromatic heterocycles. The van der Waals surface area contributed by atoms with Crippen LogP contribution in [0.4, 0.5) is 0 Å². The first-order valence-electron chi connectivity index (χ1n) is 9.54. The van der Waals surface area contributed by atoms with Crippen LogP contribution >= 0.6 is 0 Å². The first-order valence-corrected chi connectivity index (χ1v) is 9.54. The second kappa shape index (κ2) is 8.62. The number of likely N-dealkylation sites (tertiary alicyclic amines) is 2. The van der Waals surface area contributed by atoms with Crippen molar-refractivity contribution in [2.45, 2.75) is 51.5 Å². The van der Waals surface area contributed by atoms with E-state index in [0.29, 0.717) is 0 Å². The van der Waals surface area contributed by atoms with Gasteiger partial charge in [0.15, 0.2) is 0 Å². The largest absolute Gasteiger partial charge is 0.303 e. The van der Waals surface area contributed by atoms with E-state index in [0.717, 1.165) is 6.04 Å². The summed E-state index contributed by atoms with van der Waals surface area (Å²) in [6, 6.07) is 0.814. The molecule has 0 aromatic carbocycles. The van der Waals surface area contributed by atoms with E-state index >= 15 is 0 Å². The predicted molar refractivity (Wildman–Crippen MR) is 91.6 cm³/mol. The van der Waals surface area contributed by atoms with Gasteiger partial charge in [0, 0.05) is 32.2 Å². The molecule has 0 aromatic rings. The Labute approximate surface area is 137 Å². The highest BCUT2D eigenvalue weighted by Gasteiger charge is 2.23. The molecule has 22 heavy (non-hydrogen) atoms. The maximum absolute atomic E-state index is 3.58. The molecule has 2 radical (unpaired) electrons. The lowest BCUT2D eigenvalue weighted by molar-refractivity contribution is 0.242. The smallest absolute Gasteiger partial charge is 0.146 e. The third kappa shape index (κ3) is 4.92. The predicted octanol–water partition coefficient (Wildman–Crippen LogP) is 1.96. The molecule has 3 saturated heterocycles. The maximum Gasteiger partial charge on any atom is 0.146 e. The second-order valence-electron chi connectivity index (χ2n) is 7.36. The van der Waals surface area contributed by atoms with Crippen LogP contribution in [0.15, 0.2) is 0 Å². The van der Waals surface area contributed by atoms with E-state index in [1.165, 1.54) is 97.4 Å². The van der Waals surface area contributed by atoms with Gasteiger partial charge in [0.25, 0.3) is 0 Å². The van der Waals surface area contributed by atoms with Crippen molar-refractivity contribution in [3.63, 3.8) is 0 Å². The molecular weight excluding hydrogens is 272 g/mol. The molecule has 0 bridgehead atoms. The van der Waals surface area contributed by atoms with Crippen LogP contribution in [0.3, 0.4) is 0 Å². The average molecular weight is 306 g/mol.